The molecule has 1 heterocycles. The summed E-state index contributed by atoms with van der Waals surface area (Å²) in [5.74, 6) is -1.74. The number of hydrogen-bond donors (Lipinski definition) is 0. The molecule has 1 aliphatic heterocycles. The van der Waals surface area contributed by atoms with Crippen LogP contribution in [-0.2, 0) is 20.7 Å². The van der Waals surface area contributed by atoms with E-state index >= 15 is 0 Å². The summed E-state index contributed by atoms with van der Waals surface area (Å²) >= 11 is 3.36. The maximum Gasteiger partial charge on any atom is 0.310 e. The molecule has 2 atom stereocenters. The van der Waals surface area contributed by atoms with Gasteiger partial charge in [0.05, 0.1) is 18.2 Å². The Kier molecular flexibility index (Phi) is 7.79. The van der Waals surface area contributed by atoms with E-state index in [9.17, 15) is 18.4 Å². The van der Waals surface area contributed by atoms with Crippen LogP contribution in [0.25, 0.3) is 6.08 Å². The summed E-state index contributed by atoms with van der Waals surface area (Å²) in [6.45, 7) is -0.451. The molecule has 0 aromatic heterocycles. The molecule has 0 bridgehead atoms. The Morgan fingerprint density at radius 3 is 2.32 bits per heavy atom. The maximum absolute atomic E-state index is 13.7. The Labute approximate surface area is 227 Å². The smallest absolute Gasteiger partial charge is 0.310 e. The number of amides is 1. The van der Waals surface area contributed by atoms with Gasteiger partial charge in [-0.2, -0.15) is 5.10 Å². The maximum atomic E-state index is 13.7. The summed E-state index contributed by atoms with van der Waals surface area (Å²) in [4.78, 5) is 25.8. The van der Waals surface area contributed by atoms with Crippen LogP contribution in [0.2, 0.25) is 0 Å². The fraction of sp³-hybridized carbons (Fsp3) is 0.233. The predicted molar refractivity (Wildman–Crippen MR) is 144 cm³/mol. The average molecular weight is 579 g/mol. The lowest BCUT2D eigenvalue weighted by Crippen LogP contribution is -2.34. The van der Waals surface area contributed by atoms with Crippen LogP contribution in [0.1, 0.15) is 42.0 Å². The number of fused-ring (bicyclic) bond motifs is 1. The minimum atomic E-state index is -0.514. The van der Waals surface area contributed by atoms with E-state index in [-0.39, 0.29) is 24.0 Å². The second kappa shape index (κ2) is 11.4. The van der Waals surface area contributed by atoms with E-state index in [0.717, 1.165) is 51.7 Å². The van der Waals surface area contributed by atoms with Crippen molar-refractivity contribution in [1.82, 2.24) is 5.01 Å². The predicted octanol–water partition coefficient (Wildman–Crippen LogP) is 6.64. The third-order valence-corrected chi connectivity index (χ3v) is 7.33. The molecule has 8 heteroatoms. The molecular weight excluding hydrogens is 554 g/mol. The Hall–Kier alpha value is -3.65. The fourth-order valence-corrected chi connectivity index (χ4v) is 5.25. The van der Waals surface area contributed by atoms with Gasteiger partial charge in [-0.15, -0.1) is 0 Å². The molecule has 194 valence electrons. The van der Waals surface area contributed by atoms with Gasteiger partial charge in [0.15, 0.2) is 6.61 Å². The zero-order chi connectivity index (χ0) is 26.6. The van der Waals surface area contributed by atoms with Crippen LogP contribution < -0.4 is 0 Å². The summed E-state index contributed by atoms with van der Waals surface area (Å²) in [5.41, 5.74) is 4.13. The van der Waals surface area contributed by atoms with Crippen molar-refractivity contribution in [3.63, 3.8) is 0 Å². The number of allylic oxidation sites excluding steroid dienone is 1. The minimum Gasteiger partial charge on any atom is -0.455 e. The van der Waals surface area contributed by atoms with Gasteiger partial charge in [0, 0.05) is 10.4 Å². The van der Waals surface area contributed by atoms with Crippen molar-refractivity contribution in [2.45, 2.75) is 31.7 Å². The Morgan fingerprint density at radius 1 is 0.974 bits per heavy atom. The average Bonchev–Trinajstić information content (AvgIpc) is 3.31. The van der Waals surface area contributed by atoms with Crippen LogP contribution in [0.4, 0.5) is 8.78 Å². The zero-order valence-electron chi connectivity index (χ0n) is 20.4. The number of benzene rings is 3. The molecule has 2 aliphatic rings. The standard InChI is InChI=1S/C30H25BrF2N2O3/c31-23-10-4-20(5-11-23)17-28(37)38-18-27(36)35-30(21-8-14-25(33)15-9-21)26-3-1-2-22(29(26)34-35)16-19-6-12-24(32)13-7-19/h4-16,26,30H,1-3,17-18H2. The first-order chi connectivity index (χ1) is 18.4. The Balaban J connectivity index is 1.38. The number of hydrazone groups is 1. The van der Waals surface area contributed by atoms with Crippen molar-refractivity contribution in [2.24, 2.45) is 11.0 Å². The normalized spacial score (nSPS) is 19.7. The van der Waals surface area contributed by atoms with Crippen molar-refractivity contribution < 1.29 is 23.1 Å². The highest BCUT2D eigenvalue weighted by Gasteiger charge is 2.43. The second-order valence-corrected chi connectivity index (χ2v) is 10.3. The van der Waals surface area contributed by atoms with Gasteiger partial charge >= 0.3 is 5.97 Å². The molecule has 2 unspecified atom stereocenters. The molecule has 0 N–H and O–H groups in total. The highest BCUT2D eigenvalue weighted by Crippen LogP contribution is 2.44. The molecule has 3 aromatic carbocycles. The van der Waals surface area contributed by atoms with Gasteiger partial charge in [0.2, 0.25) is 0 Å². The molecule has 3 aromatic rings. The van der Waals surface area contributed by atoms with Gasteiger partial charge in [-0.3, -0.25) is 9.59 Å². The monoisotopic (exact) mass is 578 g/mol. The quantitative estimate of drug-likeness (QED) is 0.308. The molecule has 5 rings (SSSR count). The topological polar surface area (TPSA) is 59.0 Å². The van der Waals surface area contributed by atoms with E-state index < -0.39 is 24.5 Å². The fourth-order valence-electron chi connectivity index (χ4n) is 4.99. The van der Waals surface area contributed by atoms with E-state index in [1.54, 1.807) is 24.3 Å². The third-order valence-electron chi connectivity index (χ3n) is 6.80. The van der Waals surface area contributed by atoms with Crippen molar-refractivity contribution >= 4 is 39.6 Å². The minimum absolute atomic E-state index is 0.0453. The number of rotatable bonds is 6. The molecular formula is C30H25BrF2N2O3. The number of nitrogens with zero attached hydrogens (tertiary/aromatic N) is 2. The molecule has 1 saturated carbocycles. The highest BCUT2D eigenvalue weighted by atomic mass is 79.9. The molecule has 1 aliphatic carbocycles. The van der Waals surface area contributed by atoms with Crippen LogP contribution in [0.5, 0.6) is 0 Å². The molecule has 0 saturated heterocycles. The first kappa shape index (κ1) is 26.0. The highest BCUT2D eigenvalue weighted by molar-refractivity contribution is 9.10. The molecule has 1 fully saturated rings. The summed E-state index contributed by atoms with van der Waals surface area (Å²) in [5, 5.41) is 6.10. The SMILES string of the molecule is O=C(Cc1ccc(Br)cc1)OCC(=O)N1N=C2C(=Cc3ccc(F)cc3)CCCC2C1c1ccc(F)cc1. The lowest BCUT2D eigenvalue weighted by Gasteiger charge is -2.29. The summed E-state index contributed by atoms with van der Waals surface area (Å²) in [6, 6.07) is 19.1. The second-order valence-electron chi connectivity index (χ2n) is 9.40. The summed E-state index contributed by atoms with van der Waals surface area (Å²) < 4.78 is 33.3. The number of ether oxygens (including phenoxy) is 1. The van der Waals surface area contributed by atoms with Crippen LogP contribution in [0.15, 0.2) is 87.9 Å². The molecule has 5 nitrogen and oxygen atoms in total. The molecule has 38 heavy (non-hydrogen) atoms. The lowest BCUT2D eigenvalue weighted by molar-refractivity contribution is -0.152. The first-order valence-corrected chi connectivity index (χ1v) is 13.2. The van der Waals surface area contributed by atoms with Crippen molar-refractivity contribution in [3.8, 4) is 0 Å². The summed E-state index contributed by atoms with van der Waals surface area (Å²) in [6.07, 6.45) is 4.47. The van der Waals surface area contributed by atoms with E-state index in [4.69, 9.17) is 9.84 Å². The van der Waals surface area contributed by atoms with Gasteiger partial charge in [-0.05, 0) is 84.0 Å². The van der Waals surface area contributed by atoms with Crippen LogP contribution >= 0.6 is 15.9 Å². The largest absolute Gasteiger partial charge is 0.455 e. The van der Waals surface area contributed by atoms with Gasteiger partial charge in [-0.25, -0.2) is 13.8 Å². The van der Waals surface area contributed by atoms with E-state index in [2.05, 4.69) is 15.9 Å². The van der Waals surface area contributed by atoms with E-state index in [1.807, 2.05) is 30.3 Å². The van der Waals surface area contributed by atoms with Crippen molar-refractivity contribution in [3.05, 3.63) is 111 Å². The number of hydrogen-bond acceptors (Lipinski definition) is 4. The number of halogens is 3. The Morgan fingerprint density at radius 2 is 1.63 bits per heavy atom. The molecule has 1 amide bonds. The zero-order valence-corrected chi connectivity index (χ0v) is 22.0. The first-order valence-electron chi connectivity index (χ1n) is 12.4. The van der Waals surface area contributed by atoms with Crippen LogP contribution in [0.3, 0.4) is 0 Å². The number of carbonyl (C=O) groups excluding carboxylic acids is 2. The van der Waals surface area contributed by atoms with Gasteiger partial charge in [0.25, 0.3) is 5.91 Å². The Bertz CT molecular complexity index is 1390. The van der Waals surface area contributed by atoms with Crippen molar-refractivity contribution in [1.29, 1.82) is 0 Å². The number of carbonyl (C=O) groups is 2. The van der Waals surface area contributed by atoms with E-state index in [1.165, 1.54) is 29.3 Å². The number of esters is 1. The lowest BCUT2D eigenvalue weighted by atomic mass is 9.77. The summed E-state index contributed by atoms with van der Waals surface area (Å²) in [7, 11) is 0. The van der Waals surface area contributed by atoms with E-state index in [0.29, 0.717) is 0 Å². The van der Waals surface area contributed by atoms with Gasteiger partial charge in [-0.1, -0.05) is 52.3 Å². The van der Waals surface area contributed by atoms with Crippen molar-refractivity contribution in [2.75, 3.05) is 6.61 Å². The third kappa shape index (κ3) is 5.91. The van der Waals surface area contributed by atoms with Gasteiger partial charge < -0.3 is 4.74 Å². The van der Waals surface area contributed by atoms with Crippen LogP contribution in [0, 0.1) is 17.6 Å². The van der Waals surface area contributed by atoms with Gasteiger partial charge in [0.1, 0.15) is 11.6 Å². The van der Waals surface area contributed by atoms with Crippen LogP contribution in [-0.4, -0.2) is 29.2 Å². The molecule has 0 spiro atoms. The molecule has 0 radical (unpaired) electrons.